The summed E-state index contributed by atoms with van der Waals surface area (Å²) >= 11 is 0. The summed E-state index contributed by atoms with van der Waals surface area (Å²) < 4.78 is 0. The summed E-state index contributed by atoms with van der Waals surface area (Å²) in [6.07, 6.45) is 3.56. The van der Waals surface area contributed by atoms with Gasteiger partial charge in [-0.1, -0.05) is 0 Å². The van der Waals surface area contributed by atoms with Crippen LogP contribution < -0.4 is 11.2 Å². The topological polar surface area (TPSA) is 85.9 Å². The fourth-order valence-electron chi connectivity index (χ4n) is 0.842. The Bertz CT molecular complexity index is 393. The molecule has 12 heavy (non-hydrogen) atoms. The Morgan fingerprint density at radius 2 is 1.83 bits per heavy atom. The second-order valence-electron chi connectivity index (χ2n) is 2.40. The molecule has 0 aromatic carbocycles. The number of hydrogen-bond donors (Lipinski definition) is 3. The molecule has 0 amide bonds. The van der Waals surface area contributed by atoms with Crippen LogP contribution in [0.25, 0.3) is 0 Å². The molecular weight excluding hydrogens is 180 g/mol. The van der Waals surface area contributed by atoms with Crippen molar-refractivity contribution in [2.75, 3.05) is 12.5 Å². The molecule has 0 bridgehead atoms. The van der Waals surface area contributed by atoms with Crippen molar-refractivity contribution < 1.29 is 5.11 Å². The molecule has 1 aromatic heterocycles. The van der Waals surface area contributed by atoms with Gasteiger partial charge >= 0.3 is 11.2 Å². The van der Waals surface area contributed by atoms with Crippen molar-refractivity contribution in [2.24, 2.45) is 0 Å². The summed E-state index contributed by atoms with van der Waals surface area (Å²) in [7, 11) is -0.374. The van der Waals surface area contributed by atoms with E-state index >= 15 is 0 Å². The Morgan fingerprint density at radius 3 is 2.25 bits per heavy atom. The number of nitrogens with one attached hydrogen (secondary N) is 2. The van der Waals surface area contributed by atoms with Gasteiger partial charge in [-0.15, -0.1) is 0 Å². The van der Waals surface area contributed by atoms with Gasteiger partial charge in [-0.3, -0.25) is 14.8 Å². The summed E-state index contributed by atoms with van der Waals surface area (Å²) in [4.78, 5) is 26.1. The minimum absolute atomic E-state index is 0.231. The van der Waals surface area contributed by atoms with Gasteiger partial charge < -0.3 is 5.11 Å². The first-order valence-corrected chi connectivity index (χ1v) is 5.19. The highest BCUT2D eigenvalue weighted by Gasteiger charge is 2.20. The van der Waals surface area contributed by atoms with E-state index in [1.807, 2.05) is 4.98 Å². The van der Waals surface area contributed by atoms with Crippen LogP contribution in [-0.2, 0) is 10.9 Å². The van der Waals surface area contributed by atoms with Crippen molar-refractivity contribution >= 4 is 10.9 Å². The van der Waals surface area contributed by atoms with Crippen LogP contribution in [0.4, 0.5) is 0 Å². The van der Waals surface area contributed by atoms with Gasteiger partial charge in [0, 0.05) is 10.9 Å². The lowest BCUT2D eigenvalue weighted by Crippen LogP contribution is -2.26. The van der Waals surface area contributed by atoms with Crippen molar-refractivity contribution in [1.82, 2.24) is 9.97 Å². The second-order valence-corrected chi connectivity index (χ2v) is 4.44. The monoisotopic (exact) mass is 189 g/mol. The van der Waals surface area contributed by atoms with Gasteiger partial charge in [0.1, 0.15) is 12.5 Å². The molecule has 0 atom stereocenters. The smallest absolute Gasteiger partial charge is 0.328 e. The van der Waals surface area contributed by atoms with Crippen LogP contribution in [0, 0.1) is 0 Å². The number of H-pyrrole nitrogens is 2. The fraction of sp³-hybridized carbons (Fsp3) is 0.333. The number of rotatable bonds is 1. The quantitative estimate of drug-likeness (QED) is 0.495. The van der Waals surface area contributed by atoms with Crippen LogP contribution in [-0.4, -0.2) is 27.6 Å². The molecule has 0 aliphatic rings. The van der Waals surface area contributed by atoms with Gasteiger partial charge in [0.2, 0.25) is 0 Å². The Hall–Kier alpha value is -1.17. The fourth-order valence-corrected chi connectivity index (χ4v) is 1.70. The molecule has 1 rings (SSSR count). The molecule has 0 spiro atoms. The Morgan fingerprint density at radius 1 is 1.25 bits per heavy atom. The van der Waals surface area contributed by atoms with Crippen LogP contribution in [0.2, 0.25) is 0 Å². The second kappa shape index (κ2) is 3.06. The Balaban J connectivity index is 3.49. The Labute approximate surface area is 70.8 Å². The third-order valence-electron chi connectivity index (χ3n) is 1.29. The average molecular weight is 189 g/mol. The molecule has 0 fully saturated rings. The molecule has 0 aliphatic carbocycles. The molecule has 6 heteroatoms. The van der Waals surface area contributed by atoms with E-state index in [0.717, 1.165) is 0 Å². The maximum atomic E-state index is 11.1. The molecule has 0 saturated carbocycles. The van der Waals surface area contributed by atoms with E-state index in [1.165, 1.54) is 0 Å². The first-order chi connectivity index (χ1) is 5.52. The maximum absolute atomic E-state index is 11.1. The summed E-state index contributed by atoms with van der Waals surface area (Å²) in [6.45, 7) is 0. The first kappa shape index (κ1) is 8.92. The molecule has 1 heterocycles. The molecule has 0 unspecified atom stereocenters. The summed E-state index contributed by atoms with van der Waals surface area (Å²) in [5.41, 5.74) is -1.21. The first-order valence-electron chi connectivity index (χ1n) is 3.15. The van der Waals surface area contributed by atoms with Crippen LogP contribution in [0.3, 0.4) is 0 Å². The SMILES string of the molecule is C[S+](C)c1c(O)[nH]c(=O)[nH]c1=O. The predicted molar refractivity (Wildman–Crippen MR) is 46.8 cm³/mol. The lowest BCUT2D eigenvalue weighted by Gasteiger charge is -1.96. The number of aromatic amines is 2. The molecule has 3 N–H and O–H groups in total. The van der Waals surface area contributed by atoms with E-state index in [1.54, 1.807) is 12.5 Å². The molecule has 0 radical (unpaired) electrons. The molecular formula is C6H9N2O3S+. The molecule has 5 nitrogen and oxygen atoms in total. The van der Waals surface area contributed by atoms with Crippen LogP contribution in [0.1, 0.15) is 0 Å². The standard InChI is InChI=1S/C6H8N2O3S/c1-12(2)3-4(9)7-6(11)8-5(3)10/h1-2H3,(H2-,7,8,9,10,11)/p+1. The van der Waals surface area contributed by atoms with E-state index in [-0.39, 0.29) is 21.7 Å². The molecule has 0 saturated heterocycles. The highest BCUT2D eigenvalue weighted by atomic mass is 32.2. The van der Waals surface area contributed by atoms with Crippen molar-refractivity contribution in [3.05, 3.63) is 20.8 Å². The maximum Gasteiger partial charge on any atom is 0.328 e. The summed E-state index contributed by atoms with van der Waals surface area (Å²) in [5, 5.41) is 9.17. The van der Waals surface area contributed by atoms with Crippen molar-refractivity contribution in [1.29, 1.82) is 0 Å². The van der Waals surface area contributed by atoms with E-state index < -0.39 is 11.2 Å². The average Bonchev–Trinajstić information content (AvgIpc) is 1.82. The van der Waals surface area contributed by atoms with Gasteiger partial charge in [0.25, 0.3) is 10.8 Å². The summed E-state index contributed by atoms with van der Waals surface area (Å²) in [6, 6.07) is 0. The van der Waals surface area contributed by atoms with Crippen LogP contribution in [0.5, 0.6) is 5.88 Å². The molecule has 66 valence electrons. The van der Waals surface area contributed by atoms with E-state index in [0.29, 0.717) is 0 Å². The lowest BCUT2D eigenvalue weighted by atomic mass is 10.6. The predicted octanol–water partition coefficient (Wildman–Crippen LogP) is -0.994. The van der Waals surface area contributed by atoms with Gasteiger partial charge in [-0.05, 0) is 0 Å². The van der Waals surface area contributed by atoms with Gasteiger partial charge in [0.05, 0.1) is 0 Å². The van der Waals surface area contributed by atoms with Gasteiger partial charge in [0.15, 0.2) is 0 Å². The number of aromatic nitrogens is 2. The lowest BCUT2D eigenvalue weighted by molar-refractivity contribution is 0.432. The number of hydrogen-bond acceptors (Lipinski definition) is 3. The minimum atomic E-state index is -0.688. The molecule has 0 aliphatic heterocycles. The zero-order valence-corrected chi connectivity index (χ0v) is 7.49. The zero-order valence-electron chi connectivity index (χ0n) is 6.67. The van der Waals surface area contributed by atoms with E-state index in [2.05, 4.69) is 4.98 Å². The third kappa shape index (κ3) is 1.53. The number of aromatic hydroxyl groups is 1. The van der Waals surface area contributed by atoms with Crippen LogP contribution in [0.15, 0.2) is 14.5 Å². The minimum Gasteiger partial charge on any atom is -0.491 e. The highest BCUT2D eigenvalue weighted by Crippen LogP contribution is 2.11. The van der Waals surface area contributed by atoms with Crippen molar-refractivity contribution in [3.63, 3.8) is 0 Å². The van der Waals surface area contributed by atoms with Crippen LogP contribution >= 0.6 is 0 Å². The zero-order chi connectivity index (χ0) is 9.30. The van der Waals surface area contributed by atoms with Gasteiger partial charge in [-0.25, -0.2) is 4.79 Å². The van der Waals surface area contributed by atoms with E-state index in [9.17, 15) is 14.7 Å². The Kier molecular flexibility index (Phi) is 2.27. The largest absolute Gasteiger partial charge is 0.491 e. The third-order valence-corrected chi connectivity index (χ3v) is 2.48. The van der Waals surface area contributed by atoms with Gasteiger partial charge in [-0.2, -0.15) is 0 Å². The van der Waals surface area contributed by atoms with E-state index in [4.69, 9.17) is 0 Å². The highest BCUT2D eigenvalue weighted by molar-refractivity contribution is 7.95. The normalized spacial score (nSPS) is 10.6. The summed E-state index contributed by atoms with van der Waals surface area (Å²) in [5.74, 6) is -0.336. The van der Waals surface area contributed by atoms with Crippen molar-refractivity contribution in [3.8, 4) is 5.88 Å². The van der Waals surface area contributed by atoms with Crippen molar-refractivity contribution in [2.45, 2.75) is 4.90 Å². The molecule has 1 aromatic rings.